The molecule has 2 heterocycles. The number of hydrogen-bond acceptors (Lipinski definition) is 4. The zero-order valence-corrected chi connectivity index (χ0v) is 11.3. The molecule has 0 bridgehead atoms. The van der Waals surface area contributed by atoms with Crippen LogP contribution in [0.15, 0.2) is 21.7 Å². The topological polar surface area (TPSA) is 37.4 Å². The maximum absolute atomic E-state index is 12.1. The van der Waals surface area contributed by atoms with E-state index in [9.17, 15) is 9.59 Å². The molecular weight excluding hydrogens is 254 g/mol. The van der Waals surface area contributed by atoms with Crippen molar-refractivity contribution in [1.29, 1.82) is 0 Å². The Morgan fingerprint density at radius 1 is 1.47 bits per heavy atom. The summed E-state index contributed by atoms with van der Waals surface area (Å²) in [7, 11) is 0. The van der Waals surface area contributed by atoms with Crippen LogP contribution in [0.4, 0.5) is 4.79 Å². The molecule has 1 aliphatic rings. The van der Waals surface area contributed by atoms with Gasteiger partial charge in [-0.25, -0.2) is 0 Å². The van der Waals surface area contributed by atoms with E-state index in [1.165, 1.54) is 4.90 Å². The van der Waals surface area contributed by atoms with Crippen LogP contribution in [0.5, 0.6) is 0 Å². The third-order valence-corrected chi connectivity index (χ3v) is 4.28. The van der Waals surface area contributed by atoms with Gasteiger partial charge in [-0.05, 0) is 53.6 Å². The number of carbonyl (C=O) groups is 2. The minimum absolute atomic E-state index is 0.0316. The maximum atomic E-state index is 12.1. The molecule has 1 atom stereocenters. The summed E-state index contributed by atoms with van der Waals surface area (Å²) < 4.78 is 0. The van der Waals surface area contributed by atoms with Crippen molar-refractivity contribution in [3.05, 3.63) is 27.3 Å². The van der Waals surface area contributed by atoms with E-state index >= 15 is 0 Å². The molecule has 17 heavy (non-hydrogen) atoms. The van der Waals surface area contributed by atoms with Crippen molar-refractivity contribution in [1.82, 2.24) is 4.90 Å². The number of thiophene rings is 1. The summed E-state index contributed by atoms with van der Waals surface area (Å²) in [5.74, 6) is -0.166. The highest BCUT2D eigenvalue weighted by Crippen LogP contribution is 2.34. The zero-order valence-electron chi connectivity index (χ0n) is 9.67. The Balaban J connectivity index is 2.24. The van der Waals surface area contributed by atoms with E-state index in [1.807, 2.05) is 30.7 Å². The molecule has 1 aromatic heterocycles. The van der Waals surface area contributed by atoms with Crippen LogP contribution in [0.1, 0.15) is 25.8 Å². The minimum Gasteiger partial charge on any atom is -0.268 e. The van der Waals surface area contributed by atoms with Crippen LogP contribution in [0.3, 0.4) is 0 Å². The second kappa shape index (κ2) is 5.06. The van der Waals surface area contributed by atoms with E-state index in [4.69, 9.17) is 0 Å². The van der Waals surface area contributed by atoms with E-state index in [-0.39, 0.29) is 17.2 Å². The Kier molecular flexibility index (Phi) is 3.69. The molecule has 0 saturated carbocycles. The number of thioether (sulfide) groups is 1. The molecule has 2 rings (SSSR count). The van der Waals surface area contributed by atoms with Crippen molar-refractivity contribution in [3.8, 4) is 0 Å². The standard InChI is InChI=1S/C12H13NO2S2/c1-3-8(2)13-11(14)10(17-12(13)15)6-9-4-5-16-7-9/h4-8H,3H2,1-2H3/b10-6+/t8-/m1/s1. The van der Waals surface area contributed by atoms with Crippen molar-refractivity contribution >= 4 is 40.3 Å². The van der Waals surface area contributed by atoms with Gasteiger partial charge in [0.15, 0.2) is 0 Å². The van der Waals surface area contributed by atoms with Crippen LogP contribution in [0.25, 0.3) is 6.08 Å². The summed E-state index contributed by atoms with van der Waals surface area (Å²) in [5, 5.41) is 3.74. The number of carbonyl (C=O) groups excluding carboxylic acids is 2. The molecule has 0 unspecified atom stereocenters. The second-order valence-electron chi connectivity index (χ2n) is 3.87. The molecule has 1 aliphatic heterocycles. The van der Waals surface area contributed by atoms with Crippen molar-refractivity contribution in [2.24, 2.45) is 0 Å². The smallest absolute Gasteiger partial charge is 0.268 e. The molecule has 90 valence electrons. The minimum atomic E-state index is -0.166. The van der Waals surface area contributed by atoms with Gasteiger partial charge >= 0.3 is 0 Å². The monoisotopic (exact) mass is 267 g/mol. The molecule has 2 amide bonds. The van der Waals surface area contributed by atoms with E-state index in [1.54, 1.807) is 17.4 Å². The SMILES string of the molecule is CC[C@@H](C)N1C(=O)S/C(=C/c2ccsc2)C1=O. The summed E-state index contributed by atoms with van der Waals surface area (Å²) in [6, 6.07) is 1.90. The molecule has 1 saturated heterocycles. The highest BCUT2D eigenvalue weighted by Gasteiger charge is 2.37. The summed E-state index contributed by atoms with van der Waals surface area (Å²) in [5.41, 5.74) is 0.977. The molecule has 5 heteroatoms. The first kappa shape index (κ1) is 12.4. The van der Waals surface area contributed by atoms with E-state index in [0.29, 0.717) is 4.91 Å². The zero-order chi connectivity index (χ0) is 12.4. The Labute approximate surface area is 109 Å². The molecule has 1 aromatic rings. The normalized spacial score (nSPS) is 20.4. The second-order valence-corrected chi connectivity index (χ2v) is 5.64. The highest BCUT2D eigenvalue weighted by atomic mass is 32.2. The Hall–Kier alpha value is -1.07. The summed E-state index contributed by atoms with van der Waals surface area (Å²) >= 11 is 2.60. The first-order valence-corrected chi connectivity index (χ1v) is 7.18. The van der Waals surface area contributed by atoms with Gasteiger partial charge in [-0.3, -0.25) is 14.5 Å². The lowest BCUT2D eigenvalue weighted by Gasteiger charge is -2.19. The van der Waals surface area contributed by atoms with Crippen LogP contribution >= 0.6 is 23.1 Å². The lowest BCUT2D eigenvalue weighted by Crippen LogP contribution is -2.36. The molecule has 0 spiro atoms. The number of hydrogen-bond donors (Lipinski definition) is 0. The van der Waals surface area contributed by atoms with Gasteiger partial charge in [0.1, 0.15) is 0 Å². The van der Waals surface area contributed by atoms with Crippen LogP contribution in [-0.2, 0) is 4.79 Å². The van der Waals surface area contributed by atoms with Gasteiger partial charge in [-0.15, -0.1) is 0 Å². The predicted octanol–water partition coefficient (Wildman–Crippen LogP) is 3.58. The van der Waals surface area contributed by atoms with E-state index in [0.717, 1.165) is 23.7 Å². The van der Waals surface area contributed by atoms with Crippen molar-refractivity contribution in [3.63, 3.8) is 0 Å². The molecule has 0 radical (unpaired) electrons. The van der Waals surface area contributed by atoms with Crippen LogP contribution < -0.4 is 0 Å². The summed E-state index contributed by atoms with van der Waals surface area (Å²) in [6.07, 6.45) is 2.56. The molecule has 0 aromatic carbocycles. The van der Waals surface area contributed by atoms with Gasteiger partial charge in [0.25, 0.3) is 11.1 Å². The van der Waals surface area contributed by atoms with Crippen molar-refractivity contribution in [2.75, 3.05) is 0 Å². The van der Waals surface area contributed by atoms with Gasteiger partial charge in [-0.2, -0.15) is 11.3 Å². The lowest BCUT2D eigenvalue weighted by atomic mass is 10.2. The van der Waals surface area contributed by atoms with Gasteiger partial charge < -0.3 is 0 Å². The first-order valence-electron chi connectivity index (χ1n) is 5.42. The Morgan fingerprint density at radius 2 is 2.24 bits per heavy atom. The number of imide groups is 1. The third kappa shape index (κ3) is 2.45. The van der Waals surface area contributed by atoms with Gasteiger partial charge in [-0.1, -0.05) is 6.92 Å². The number of rotatable bonds is 3. The van der Waals surface area contributed by atoms with Crippen molar-refractivity contribution < 1.29 is 9.59 Å². The van der Waals surface area contributed by atoms with Gasteiger partial charge in [0, 0.05) is 6.04 Å². The molecule has 1 fully saturated rings. The third-order valence-electron chi connectivity index (χ3n) is 2.70. The fourth-order valence-electron chi connectivity index (χ4n) is 1.55. The fraction of sp³-hybridized carbons (Fsp3) is 0.333. The van der Waals surface area contributed by atoms with Crippen LogP contribution in [0.2, 0.25) is 0 Å². The van der Waals surface area contributed by atoms with Crippen LogP contribution in [0, 0.1) is 0 Å². The Morgan fingerprint density at radius 3 is 2.82 bits per heavy atom. The average molecular weight is 267 g/mol. The Bertz CT molecular complexity index is 465. The molecule has 3 nitrogen and oxygen atoms in total. The van der Waals surface area contributed by atoms with E-state index in [2.05, 4.69) is 0 Å². The summed E-state index contributed by atoms with van der Waals surface area (Å²) in [4.78, 5) is 25.7. The largest absolute Gasteiger partial charge is 0.293 e. The molecular formula is C12H13NO2S2. The average Bonchev–Trinajstić information content (AvgIpc) is 2.89. The lowest BCUT2D eigenvalue weighted by molar-refractivity contribution is -0.124. The van der Waals surface area contributed by atoms with E-state index < -0.39 is 0 Å². The predicted molar refractivity (Wildman–Crippen MR) is 71.9 cm³/mol. The highest BCUT2D eigenvalue weighted by molar-refractivity contribution is 8.18. The van der Waals surface area contributed by atoms with Crippen molar-refractivity contribution in [2.45, 2.75) is 26.3 Å². The molecule has 0 N–H and O–H groups in total. The molecule has 0 aliphatic carbocycles. The maximum Gasteiger partial charge on any atom is 0.293 e. The summed E-state index contributed by atoms with van der Waals surface area (Å²) in [6.45, 7) is 3.86. The number of amides is 2. The fourth-order valence-corrected chi connectivity index (χ4v) is 3.10. The van der Waals surface area contributed by atoms with Crippen LogP contribution in [-0.4, -0.2) is 22.1 Å². The quantitative estimate of drug-likeness (QED) is 0.785. The number of nitrogens with zero attached hydrogens (tertiary/aromatic N) is 1. The van der Waals surface area contributed by atoms with Gasteiger partial charge in [0.2, 0.25) is 0 Å². The first-order chi connectivity index (χ1) is 8.13. The van der Waals surface area contributed by atoms with Gasteiger partial charge in [0.05, 0.1) is 4.91 Å².